The lowest BCUT2D eigenvalue weighted by Crippen LogP contribution is -1.89. The van der Waals surface area contributed by atoms with E-state index in [-0.39, 0.29) is 0 Å². The summed E-state index contributed by atoms with van der Waals surface area (Å²) in [5, 5.41) is 9.27. The minimum atomic E-state index is 0.721. The van der Waals surface area contributed by atoms with E-state index in [0.29, 0.717) is 0 Å². The number of hydrogen-bond acceptors (Lipinski definition) is 4. The fourth-order valence-corrected chi connectivity index (χ4v) is 3.18. The van der Waals surface area contributed by atoms with Crippen LogP contribution in [0.3, 0.4) is 0 Å². The molecule has 2 nitrogen and oxygen atoms in total. The van der Waals surface area contributed by atoms with Crippen molar-refractivity contribution < 1.29 is 0 Å². The molecule has 0 fully saturated rings. The summed E-state index contributed by atoms with van der Waals surface area (Å²) in [6.45, 7) is 0. The Balaban J connectivity index is 2.42. The molecule has 2 N–H and O–H groups in total. The molecule has 0 bridgehead atoms. The zero-order valence-corrected chi connectivity index (χ0v) is 11.5. The van der Waals surface area contributed by atoms with E-state index in [1.54, 1.807) is 11.8 Å². The second-order valence-corrected chi connectivity index (χ2v) is 5.52. The molecular formula is C14H12N2S2. The van der Waals surface area contributed by atoms with Gasteiger partial charge in [0.25, 0.3) is 0 Å². The first-order chi connectivity index (χ1) is 8.76. The van der Waals surface area contributed by atoms with Gasteiger partial charge in [0.15, 0.2) is 0 Å². The standard InChI is InChI=1S/C14H12N2S2/c1-17-12-7-4-8-13(10(12)9-15)18-14-6-3-2-5-11(14)16/h2-8H,16H2,1H3. The number of thioether (sulfide) groups is 1. The summed E-state index contributed by atoms with van der Waals surface area (Å²) in [6.07, 6.45) is 1.97. The zero-order chi connectivity index (χ0) is 13.0. The van der Waals surface area contributed by atoms with Crippen LogP contribution in [0, 0.1) is 11.3 Å². The quantitative estimate of drug-likeness (QED) is 0.677. The largest absolute Gasteiger partial charge is 0.398 e. The Kier molecular flexibility index (Phi) is 4.19. The third kappa shape index (κ3) is 2.63. The summed E-state index contributed by atoms with van der Waals surface area (Å²) in [5.41, 5.74) is 7.38. The van der Waals surface area contributed by atoms with Gasteiger partial charge < -0.3 is 5.73 Å². The third-order valence-corrected chi connectivity index (χ3v) is 4.39. The van der Waals surface area contributed by atoms with Crippen LogP contribution < -0.4 is 5.73 Å². The molecule has 0 aromatic heterocycles. The highest BCUT2D eigenvalue weighted by Crippen LogP contribution is 2.36. The topological polar surface area (TPSA) is 49.8 Å². The highest BCUT2D eigenvalue weighted by molar-refractivity contribution is 8.00. The Morgan fingerprint density at radius 3 is 2.33 bits per heavy atom. The van der Waals surface area contributed by atoms with Crippen molar-refractivity contribution in [3.05, 3.63) is 48.0 Å². The van der Waals surface area contributed by atoms with Gasteiger partial charge in [-0.3, -0.25) is 0 Å². The number of para-hydroxylation sites is 1. The Hall–Kier alpha value is -1.57. The SMILES string of the molecule is CSc1cccc(Sc2ccccc2N)c1C#N. The normalized spacial score (nSPS) is 10.0. The van der Waals surface area contributed by atoms with Crippen molar-refractivity contribution in [3.8, 4) is 6.07 Å². The maximum absolute atomic E-state index is 9.27. The van der Waals surface area contributed by atoms with Crippen LogP contribution in [0.25, 0.3) is 0 Å². The highest BCUT2D eigenvalue weighted by Gasteiger charge is 2.09. The van der Waals surface area contributed by atoms with Crippen molar-refractivity contribution in [2.45, 2.75) is 14.7 Å². The number of nitrogens with two attached hydrogens (primary N) is 1. The number of nitriles is 1. The molecule has 0 aliphatic heterocycles. The molecule has 90 valence electrons. The molecule has 0 radical (unpaired) electrons. The van der Waals surface area contributed by atoms with Crippen LogP contribution >= 0.6 is 23.5 Å². The van der Waals surface area contributed by atoms with Crippen molar-refractivity contribution in [2.75, 3.05) is 12.0 Å². The van der Waals surface area contributed by atoms with Gasteiger partial charge in [-0.25, -0.2) is 0 Å². The Morgan fingerprint density at radius 1 is 1.00 bits per heavy atom. The highest BCUT2D eigenvalue weighted by atomic mass is 32.2. The minimum Gasteiger partial charge on any atom is -0.398 e. The van der Waals surface area contributed by atoms with Crippen molar-refractivity contribution in [1.82, 2.24) is 0 Å². The van der Waals surface area contributed by atoms with E-state index < -0.39 is 0 Å². The van der Waals surface area contributed by atoms with E-state index in [1.807, 2.05) is 48.7 Å². The number of rotatable bonds is 3. The predicted molar refractivity (Wildman–Crippen MR) is 77.9 cm³/mol. The van der Waals surface area contributed by atoms with Crippen molar-refractivity contribution in [2.24, 2.45) is 0 Å². The van der Waals surface area contributed by atoms with E-state index in [4.69, 9.17) is 5.73 Å². The summed E-state index contributed by atoms with van der Waals surface area (Å²) >= 11 is 3.12. The van der Waals surface area contributed by atoms with Crippen molar-refractivity contribution >= 4 is 29.2 Å². The molecule has 0 atom stereocenters. The molecule has 0 amide bonds. The average molecular weight is 272 g/mol. The van der Waals surface area contributed by atoms with Gasteiger partial charge in [0.1, 0.15) is 6.07 Å². The third-order valence-electron chi connectivity index (χ3n) is 2.46. The molecule has 0 unspecified atom stereocenters. The van der Waals surface area contributed by atoms with Crippen molar-refractivity contribution in [3.63, 3.8) is 0 Å². The monoisotopic (exact) mass is 272 g/mol. The first-order valence-electron chi connectivity index (χ1n) is 5.35. The minimum absolute atomic E-state index is 0.721. The van der Waals surface area contributed by atoms with Crippen LogP contribution in [0.4, 0.5) is 5.69 Å². The van der Waals surface area contributed by atoms with Gasteiger partial charge >= 0.3 is 0 Å². The smallest absolute Gasteiger partial charge is 0.101 e. The van der Waals surface area contributed by atoms with Gasteiger partial charge in [0, 0.05) is 20.4 Å². The molecule has 0 aliphatic rings. The lowest BCUT2D eigenvalue weighted by molar-refractivity contribution is 1.26. The average Bonchev–Trinajstić information content (AvgIpc) is 2.41. The van der Waals surface area contributed by atoms with E-state index in [2.05, 4.69) is 6.07 Å². The molecule has 2 rings (SSSR count). The predicted octanol–water partition coefficient (Wildman–Crippen LogP) is 4.01. The Morgan fingerprint density at radius 2 is 1.67 bits per heavy atom. The van der Waals surface area contributed by atoms with Crippen molar-refractivity contribution in [1.29, 1.82) is 5.26 Å². The number of nitrogen functional groups attached to an aromatic ring is 1. The molecule has 2 aromatic rings. The van der Waals surface area contributed by atoms with Crippen LogP contribution in [0.15, 0.2) is 57.2 Å². The number of nitrogens with zero attached hydrogens (tertiary/aromatic N) is 1. The van der Waals surface area contributed by atoms with Gasteiger partial charge in [-0.2, -0.15) is 5.26 Å². The molecule has 0 spiro atoms. The molecule has 2 aromatic carbocycles. The molecule has 0 saturated heterocycles. The fourth-order valence-electron chi connectivity index (χ4n) is 1.57. The van der Waals surface area contributed by atoms with Gasteiger partial charge in [-0.05, 0) is 30.5 Å². The second kappa shape index (κ2) is 5.85. The summed E-state index contributed by atoms with van der Waals surface area (Å²) in [4.78, 5) is 2.92. The van der Waals surface area contributed by atoms with Crippen LogP contribution in [0.5, 0.6) is 0 Å². The summed E-state index contributed by atoms with van der Waals surface area (Å²) in [6, 6.07) is 15.8. The van der Waals surface area contributed by atoms with Crippen LogP contribution in [-0.2, 0) is 0 Å². The maximum atomic E-state index is 9.27. The molecule has 4 heteroatoms. The maximum Gasteiger partial charge on any atom is 0.101 e. The van der Waals surface area contributed by atoms with E-state index in [1.165, 1.54) is 11.8 Å². The van der Waals surface area contributed by atoms with Crippen LogP contribution in [-0.4, -0.2) is 6.26 Å². The zero-order valence-electron chi connectivity index (χ0n) is 9.88. The van der Waals surface area contributed by atoms with E-state index >= 15 is 0 Å². The second-order valence-electron chi connectivity index (χ2n) is 3.59. The first kappa shape index (κ1) is 12.9. The van der Waals surface area contributed by atoms with Gasteiger partial charge in [-0.1, -0.05) is 30.0 Å². The lowest BCUT2D eigenvalue weighted by atomic mass is 10.2. The van der Waals surface area contributed by atoms with E-state index in [0.717, 1.165) is 25.9 Å². The fraction of sp³-hybridized carbons (Fsp3) is 0.0714. The van der Waals surface area contributed by atoms with E-state index in [9.17, 15) is 5.26 Å². The Bertz CT molecular complexity index is 603. The number of anilines is 1. The number of hydrogen-bond donors (Lipinski definition) is 1. The Labute approximate surface area is 115 Å². The molecular weight excluding hydrogens is 260 g/mol. The van der Waals surface area contributed by atoms with Gasteiger partial charge in [0.05, 0.1) is 5.56 Å². The van der Waals surface area contributed by atoms with Gasteiger partial charge in [-0.15, -0.1) is 11.8 Å². The summed E-state index contributed by atoms with van der Waals surface area (Å²) in [7, 11) is 0. The molecule has 18 heavy (non-hydrogen) atoms. The molecule has 0 saturated carbocycles. The number of benzene rings is 2. The summed E-state index contributed by atoms with van der Waals surface area (Å²) in [5.74, 6) is 0. The first-order valence-corrected chi connectivity index (χ1v) is 7.40. The summed E-state index contributed by atoms with van der Waals surface area (Å²) < 4.78 is 0. The molecule has 0 aliphatic carbocycles. The van der Waals surface area contributed by atoms with Crippen LogP contribution in [0.2, 0.25) is 0 Å². The molecule has 0 heterocycles. The van der Waals surface area contributed by atoms with Crippen LogP contribution in [0.1, 0.15) is 5.56 Å². The van der Waals surface area contributed by atoms with Gasteiger partial charge in [0.2, 0.25) is 0 Å². The lowest BCUT2D eigenvalue weighted by Gasteiger charge is -2.08.